The van der Waals surface area contributed by atoms with Gasteiger partial charge in [-0.25, -0.2) is 17.1 Å². The van der Waals surface area contributed by atoms with E-state index in [0.717, 1.165) is 11.3 Å². The molecule has 0 aliphatic heterocycles. The van der Waals surface area contributed by atoms with E-state index in [1.165, 1.54) is 28.6 Å². The van der Waals surface area contributed by atoms with Crippen LogP contribution in [0.1, 0.15) is 5.56 Å². The molecule has 136 valence electrons. The van der Waals surface area contributed by atoms with Crippen LogP contribution in [0.4, 0.5) is 4.39 Å². The quantitative estimate of drug-likeness (QED) is 0.684. The molecule has 0 aliphatic rings. The van der Waals surface area contributed by atoms with E-state index in [1.54, 1.807) is 14.2 Å². The molecule has 0 radical (unpaired) electrons. The second-order valence-electron chi connectivity index (χ2n) is 5.54. The van der Waals surface area contributed by atoms with Crippen LogP contribution >= 0.6 is 0 Å². The van der Waals surface area contributed by atoms with Crippen LogP contribution in [-0.4, -0.2) is 45.8 Å². The van der Waals surface area contributed by atoms with Crippen LogP contribution in [0.15, 0.2) is 48.5 Å². The van der Waals surface area contributed by atoms with Gasteiger partial charge in [-0.1, -0.05) is 12.1 Å². The summed E-state index contributed by atoms with van der Waals surface area (Å²) >= 11 is 0. The Morgan fingerprint density at radius 3 is 2.20 bits per heavy atom. The largest absolute Gasteiger partial charge is 0.497 e. The van der Waals surface area contributed by atoms with Gasteiger partial charge in [0.05, 0.1) is 12.9 Å². The van der Waals surface area contributed by atoms with Crippen molar-refractivity contribution in [2.24, 2.45) is 0 Å². The second-order valence-corrected chi connectivity index (χ2v) is 7.73. The Bertz CT molecular complexity index is 761. The number of ether oxygens (including phenoxy) is 2. The highest BCUT2D eigenvalue weighted by Crippen LogP contribution is 2.13. The topological polar surface area (TPSA) is 55.8 Å². The number of hydrogen-bond acceptors (Lipinski definition) is 4. The fraction of sp³-hybridized carbons (Fsp3) is 0.333. The van der Waals surface area contributed by atoms with Crippen molar-refractivity contribution in [3.05, 3.63) is 59.9 Å². The molecule has 25 heavy (non-hydrogen) atoms. The molecule has 0 saturated carbocycles. The summed E-state index contributed by atoms with van der Waals surface area (Å²) in [5.74, 6) is 0.710. The van der Waals surface area contributed by atoms with Gasteiger partial charge in [-0.2, -0.15) is 0 Å². The van der Waals surface area contributed by atoms with Gasteiger partial charge in [-0.15, -0.1) is 0 Å². The summed E-state index contributed by atoms with van der Waals surface area (Å²) < 4.78 is 49.1. The van der Waals surface area contributed by atoms with E-state index in [1.807, 2.05) is 24.3 Å². The van der Waals surface area contributed by atoms with Crippen molar-refractivity contribution in [2.75, 3.05) is 33.1 Å². The van der Waals surface area contributed by atoms with Crippen molar-refractivity contribution in [1.29, 1.82) is 0 Å². The predicted octanol–water partition coefficient (Wildman–Crippen LogP) is 2.72. The maximum absolute atomic E-state index is 12.8. The van der Waals surface area contributed by atoms with Gasteiger partial charge < -0.3 is 9.47 Å². The molecule has 7 heteroatoms. The minimum atomic E-state index is -3.41. The molecule has 2 aromatic rings. The lowest BCUT2D eigenvalue weighted by atomic mass is 10.1. The highest BCUT2D eigenvalue weighted by atomic mass is 32.2. The SMILES string of the molecule is COc1ccc(CCN(C)S(=O)(=O)CCOc2ccc(F)cc2)cc1. The molecular formula is C18H22FNO4S. The summed E-state index contributed by atoms with van der Waals surface area (Å²) in [5.41, 5.74) is 1.03. The van der Waals surface area contributed by atoms with E-state index >= 15 is 0 Å². The van der Waals surface area contributed by atoms with Crippen molar-refractivity contribution in [2.45, 2.75) is 6.42 Å². The molecule has 5 nitrogen and oxygen atoms in total. The van der Waals surface area contributed by atoms with Crippen LogP contribution in [0, 0.1) is 5.82 Å². The fourth-order valence-electron chi connectivity index (χ4n) is 2.17. The minimum absolute atomic E-state index is 0.0147. The third-order valence-electron chi connectivity index (χ3n) is 3.77. The van der Waals surface area contributed by atoms with E-state index in [0.29, 0.717) is 18.7 Å². The summed E-state index contributed by atoms with van der Waals surface area (Å²) in [6.45, 7) is 0.395. The second kappa shape index (κ2) is 8.82. The summed E-state index contributed by atoms with van der Waals surface area (Å²) in [4.78, 5) is 0. The van der Waals surface area contributed by atoms with Gasteiger partial charge in [0.15, 0.2) is 0 Å². The van der Waals surface area contributed by atoms with Gasteiger partial charge in [0.2, 0.25) is 10.0 Å². The van der Waals surface area contributed by atoms with Crippen LogP contribution in [0.25, 0.3) is 0 Å². The van der Waals surface area contributed by atoms with Crippen molar-refractivity contribution < 1.29 is 22.3 Å². The predicted molar refractivity (Wildman–Crippen MR) is 95.0 cm³/mol. The van der Waals surface area contributed by atoms with Crippen molar-refractivity contribution in [1.82, 2.24) is 4.31 Å². The summed E-state index contributed by atoms with van der Waals surface area (Å²) in [5, 5.41) is 0. The molecule has 0 saturated heterocycles. The van der Waals surface area contributed by atoms with E-state index in [4.69, 9.17) is 9.47 Å². The molecule has 0 amide bonds. The maximum atomic E-state index is 12.8. The lowest BCUT2D eigenvalue weighted by Crippen LogP contribution is -2.33. The Hall–Kier alpha value is -2.12. The van der Waals surface area contributed by atoms with Crippen LogP contribution in [-0.2, 0) is 16.4 Å². The van der Waals surface area contributed by atoms with Crippen LogP contribution in [0.5, 0.6) is 11.5 Å². The number of halogens is 1. The third-order valence-corrected chi connectivity index (χ3v) is 5.59. The normalized spacial score (nSPS) is 11.5. The number of methoxy groups -OCH3 is 1. The average molecular weight is 367 g/mol. The molecule has 0 bridgehead atoms. The Morgan fingerprint density at radius 1 is 1.00 bits per heavy atom. The Balaban J connectivity index is 1.80. The van der Waals surface area contributed by atoms with Crippen LogP contribution < -0.4 is 9.47 Å². The van der Waals surface area contributed by atoms with Gasteiger partial charge in [0.1, 0.15) is 23.9 Å². The molecule has 0 aliphatic carbocycles. The number of sulfonamides is 1. The first-order valence-corrected chi connectivity index (χ1v) is 9.47. The minimum Gasteiger partial charge on any atom is -0.497 e. The third kappa shape index (κ3) is 6.03. The van der Waals surface area contributed by atoms with Gasteiger partial charge in [-0.05, 0) is 48.4 Å². The smallest absolute Gasteiger partial charge is 0.217 e. The zero-order chi connectivity index (χ0) is 18.3. The number of nitrogens with zero attached hydrogens (tertiary/aromatic N) is 1. The van der Waals surface area contributed by atoms with Crippen molar-refractivity contribution in [3.8, 4) is 11.5 Å². The average Bonchev–Trinajstić information content (AvgIpc) is 2.61. The number of hydrogen-bond donors (Lipinski definition) is 0. The van der Waals surface area contributed by atoms with Crippen molar-refractivity contribution >= 4 is 10.0 Å². The molecule has 0 N–H and O–H groups in total. The molecule has 0 fully saturated rings. The van der Waals surface area contributed by atoms with Gasteiger partial charge in [0.25, 0.3) is 0 Å². The first-order valence-electron chi connectivity index (χ1n) is 7.86. The number of likely N-dealkylation sites (N-methyl/N-ethyl adjacent to an activating group) is 1. The van der Waals surface area contributed by atoms with Gasteiger partial charge in [-0.3, -0.25) is 0 Å². The van der Waals surface area contributed by atoms with Gasteiger partial charge in [0, 0.05) is 13.6 Å². The Kier molecular flexibility index (Phi) is 6.78. The molecule has 0 aromatic heterocycles. The first kappa shape index (κ1) is 19.2. The molecular weight excluding hydrogens is 345 g/mol. The zero-order valence-corrected chi connectivity index (χ0v) is 15.1. The zero-order valence-electron chi connectivity index (χ0n) is 14.3. The highest BCUT2D eigenvalue weighted by molar-refractivity contribution is 7.89. The summed E-state index contributed by atoms with van der Waals surface area (Å²) in [6, 6.07) is 13.0. The number of benzene rings is 2. The Morgan fingerprint density at radius 2 is 1.60 bits per heavy atom. The van der Waals surface area contributed by atoms with E-state index in [-0.39, 0.29) is 18.2 Å². The van der Waals surface area contributed by atoms with Crippen LogP contribution in [0.2, 0.25) is 0 Å². The molecule has 2 aromatic carbocycles. The highest BCUT2D eigenvalue weighted by Gasteiger charge is 2.17. The van der Waals surface area contributed by atoms with E-state index in [9.17, 15) is 12.8 Å². The van der Waals surface area contributed by atoms with Gasteiger partial charge >= 0.3 is 0 Å². The van der Waals surface area contributed by atoms with Crippen molar-refractivity contribution in [3.63, 3.8) is 0 Å². The fourth-order valence-corrected chi connectivity index (χ4v) is 3.14. The van der Waals surface area contributed by atoms with E-state index in [2.05, 4.69) is 0 Å². The summed E-state index contributed by atoms with van der Waals surface area (Å²) in [7, 11) is -0.259. The first-order chi connectivity index (χ1) is 11.9. The Labute approximate surface area is 148 Å². The molecule has 2 rings (SSSR count). The van der Waals surface area contributed by atoms with E-state index < -0.39 is 10.0 Å². The molecule has 0 spiro atoms. The molecule has 0 heterocycles. The monoisotopic (exact) mass is 367 g/mol. The molecule has 0 atom stereocenters. The van der Waals surface area contributed by atoms with Crippen LogP contribution in [0.3, 0.4) is 0 Å². The lowest BCUT2D eigenvalue weighted by molar-refractivity contribution is 0.336. The maximum Gasteiger partial charge on any atom is 0.217 e. The summed E-state index contributed by atoms with van der Waals surface area (Å²) in [6.07, 6.45) is 0.610. The number of rotatable bonds is 9. The molecule has 0 unspecified atom stereocenters. The standard InChI is InChI=1S/C18H22FNO4S/c1-20(12-11-15-3-7-17(23-2)8-4-15)25(21,22)14-13-24-18-9-5-16(19)6-10-18/h3-10H,11-14H2,1-2H3. The lowest BCUT2D eigenvalue weighted by Gasteiger charge is -2.17.